The van der Waals surface area contributed by atoms with Gasteiger partial charge in [0, 0.05) is 6.54 Å². The van der Waals surface area contributed by atoms with E-state index in [-0.39, 0.29) is 0 Å². The molecule has 0 atom stereocenters. The van der Waals surface area contributed by atoms with Gasteiger partial charge in [0.05, 0.1) is 0 Å². The molecule has 0 aromatic carbocycles. The van der Waals surface area contributed by atoms with Gasteiger partial charge in [-0.2, -0.15) is 0 Å². The van der Waals surface area contributed by atoms with E-state index in [0.29, 0.717) is 12.5 Å². The summed E-state index contributed by atoms with van der Waals surface area (Å²) < 4.78 is 0. The van der Waals surface area contributed by atoms with E-state index in [0.717, 1.165) is 25.9 Å². The molecule has 3 N–H and O–H groups in total. The summed E-state index contributed by atoms with van der Waals surface area (Å²) in [6.07, 6.45) is 1.25. The summed E-state index contributed by atoms with van der Waals surface area (Å²) in [6.45, 7) is 2.65. The van der Waals surface area contributed by atoms with Gasteiger partial charge in [-0.15, -0.1) is 0 Å². The first-order chi connectivity index (χ1) is 5.29. The summed E-state index contributed by atoms with van der Waals surface area (Å²) in [5.41, 5.74) is 0. The maximum Gasteiger partial charge on any atom is 0.404 e. The Morgan fingerprint density at radius 2 is 2.18 bits per heavy atom. The molecular formula is C7H14N2O2. The van der Waals surface area contributed by atoms with Crippen molar-refractivity contribution in [2.75, 3.05) is 19.6 Å². The van der Waals surface area contributed by atoms with Gasteiger partial charge < -0.3 is 15.7 Å². The summed E-state index contributed by atoms with van der Waals surface area (Å²) in [5, 5.41) is 13.9. The van der Waals surface area contributed by atoms with E-state index in [1.165, 1.54) is 0 Å². The third-order valence-corrected chi connectivity index (χ3v) is 2.00. The van der Waals surface area contributed by atoms with Crippen LogP contribution in [0.3, 0.4) is 0 Å². The van der Waals surface area contributed by atoms with Crippen LogP contribution in [0.4, 0.5) is 4.79 Å². The van der Waals surface area contributed by atoms with Crippen molar-refractivity contribution in [3.05, 3.63) is 0 Å². The highest BCUT2D eigenvalue weighted by Crippen LogP contribution is 2.09. The Bertz CT molecular complexity index is 132. The van der Waals surface area contributed by atoms with Crippen LogP contribution in [0, 0.1) is 5.92 Å². The fourth-order valence-corrected chi connectivity index (χ4v) is 1.32. The molecule has 1 aliphatic rings. The van der Waals surface area contributed by atoms with Crippen LogP contribution >= 0.6 is 0 Å². The Labute approximate surface area is 66.0 Å². The topological polar surface area (TPSA) is 61.4 Å². The summed E-state index contributed by atoms with van der Waals surface area (Å²) in [5.74, 6) is 0.535. The zero-order valence-electron chi connectivity index (χ0n) is 6.47. The van der Waals surface area contributed by atoms with E-state index in [2.05, 4.69) is 10.6 Å². The molecule has 0 aromatic heterocycles. The van der Waals surface area contributed by atoms with Gasteiger partial charge in [-0.05, 0) is 31.8 Å². The third kappa shape index (κ3) is 3.23. The van der Waals surface area contributed by atoms with Crippen molar-refractivity contribution >= 4 is 6.09 Å². The predicted octanol–water partition coefficient (Wildman–Crippen LogP) is 0.254. The minimum Gasteiger partial charge on any atom is -0.465 e. The number of hydrogen-bond acceptors (Lipinski definition) is 2. The maximum absolute atomic E-state index is 10.1. The van der Waals surface area contributed by atoms with E-state index in [1.807, 2.05) is 0 Å². The SMILES string of the molecule is O=C(O)NCC1CCNCC1. The fraction of sp³-hybridized carbons (Fsp3) is 0.857. The quantitative estimate of drug-likeness (QED) is 0.540. The molecule has 0 aliphatic carbocycles. The lowest BCUT2D eigenvalue weighted by atomic mass is 9.98. The highest BCUT2D eigenvalue weighted by Gasteiger charge is 2.12. The van der Waals surface area contributed by atoms with Crippen molar-refractivity contribution in [3.8, 4) is 0 Å². The minimum absolute atomic E-state index is 0.535. The molecule has 0 aromatic rings. The largest absolute Gasteiger partial charge is 0.465 e. The summed E-state index contributed by atoms with van der Waals surface area (Å²) in [6, 6.07) is 0. The van der Waals surface area contributed by atoms with Gasteiger partial charge in [-0.3, -0.25) is 0 Å². The second kappa shape index (κ2) is 4.18. The second-order valence-corrected chi connectivity index (χ2v) is 2.88. The number of nitrogens with one attached hydrogen (secondary N) is 2. The number of amides is 1. The lowest BCUT2D eigenvalue weighted by Gasteiger charge is -2.21. The fourth-order valence-electron chi connectivity index (χ4n) is 1.32. The molecule has 1 aliphatic heterocycles. The van der Waals surface area contributed by atoms with Gasteiger partial charge in [0.25, 0.3) is 0 Å². The monoisotopic (exact) mass is 158 g/mol. The molecule has 11 heavy (non-hydrogen) atoms. The van der Waals surface area contributed by atoms with Crippen molar-refractivity contribution in [2.24, 2.45) is 5.92 Å². The van der Waals surface area contributed by atoms with E-state index in [4.69, 9.17) is 5.11 Å². The molecule has 4 heteroatoms. The van der Waals surface area contributed by atoms with Crippen molar-refractivity contribution in [1.82, 2.24) is 10.6 Å². The Balaban J connectivity index is 2.09. The normalized spacial score (nSPS) is 19.6. The average molecular weight is 158 g/mol. The van der Waals surface area contributed by atoms with Crippen LogP contribution in [0.1, 0.15) is 12.8 Å². The van der Waals surface area contributed by atoms with Gasteiger partial charge >= 0.3 is 6.09 Å². The van der Waals surface area contributed by atoms with Crippen molar-refractivity contribution < 1.29 is 9.90 Å². The third-order valence-electron chi connectivity index (χ3n) is 2.00. The van der Waals surface area contributed by atoms with Gasteiger partial charge in [-0.25, -0.2) is 4.79 Å². The predicted molar refractivity (Wildman–Crippen MR) is 41.6 cm³/mol. The zero-order chi connectivity index (χ0) is 8.10. The molecule has 0 bridgehead atoms. The molecule has 0 unspecified atom stereocenters. The molecule has 0 saturated carbocycles. The van der Waals surface area contributed by atoms with E-state index >= 15 is 0 Å². The van der Waals surface area contributed by atoms with Crippen LogP contribution in [0.2, 0.25) is 0 Å². The Morgan fingerprint density at radius 1 is 1.55 bits per heavy atom. The lowest BCUT2D eigenvalue weighted by Crippen LogP contribution is -2.35. The maximum atomic E-state index is 10.1. The van der Waals surface area contributed by atoms with E-state index in [1.54, 1.807) is 0 Å². The van der Waals surface area contributed by atoms with Crippen molar-refractivity contribution in [2.45, 2.75) is 12.8 Å². The molecule has 1 heterocycles. The molecular weight excluding hydrogens is 144 g/mol. The number of carboxylic acid groups (broad SMARTS) is 1. The molecule has 1 rings (SSSR count). The number of carbonyl (C=O) groups is 1. The van der Waals surface area contributed by atoms with Crippen molar-refractivity contribution in [3.63, 3.8) is 0 Å². The summed E-state index contributed by atoms with van der Waals surface area (Å²) in [7, 11) is 0. The molecule has 64 valence electrons. The van der Waals surface area contributed by atoms with Crippen LogP contribution in [-0.2, 0) is 0 Å². The lowest BCUT2D eigenvalue weighted by molar-refractivity contribution is 0.190. The summed E-state index contributed by atoms with van der Waals surface area (Å²) >= 11 is 0. The van der Waals surface area contributed by atoms with E-state index < -0.39 is 6.09 Å². The first-order valence-corrected chi connectivity index (χ1v) is 3.96. The van der Waals surface area contributed by atoms with Gasteiger partial charge in [0.15, 0.2) is 0 Å². The highest BCUT2D eigenvalue weighted by molar-refractivity contribution is 5.64. The minimum atomic E-state index is -0.913. The smallest absolute Gasteiger partial charge is 0.404 e. The van der Waals surface area contributed by atoms with Gasteiger partial charge in [-0.1, -0.05) is 0 Å². The first kappa shape index (κ1) is 8.33. The average Bonchev–Trinajstić information content (AvgIpc) is 2.03. The molecule has 0 spiro atoms. The van der Waals surface area contributed by atoms with Gasteiger partial charge in [0.1, 0.15) is 0 Å². The number of hydrogen-bond donors (Lipinski definition) is 3. The van der Waals surface area contributed by atoms with E-state index in [9.17, 15) is 4.79 Å². The molecule has 0 radical (unpaired) electrons. The van der Waals surface area contributed by atoms with Crippen LogP contribution < -0.4 is 10.6 Å². The zero-order valence-corrected chi connectivity index (χ0v) is 6.47. The number of rotatable bonds is 2. The highest BCUT2D eigenvalue weighted by atomic mass is 16.4. The molecule has 1 fully saturated rings. The Kier molecular flexibility index (Phi) is 3.16. The van der Waals surface area contributed by atoms with Crippen LogP contribution in [0.5, 0.6) is 0 Å². The van der Waals surface area contributed by atoms with Crippen LogP contribution in [0.25, 0.3) is 0 Å². The second-order valence-electron chi connectivity index (χ2n) is 2.88. The van der Waals surface area contributed by atoms with Crippen LogP contribution in [-0.4, -0.2) is 30.8 Å². The Morgan fingerprint density at radius 3 is 2.73 bits per heavy atom. The first-order valence-electron chi connectivity index (χ1n) is 3.96. The standard InChI is InChI=1S/C7H14N2O2/c10-7(11)9-5-6-1-3-8-4-2-6/h6,8-9H,1-5H2,(H,10,11). The molecule has 1 saturated heterocycles. The number of piperidine rings is 1. The molecule has 4 nitrogen and oxygen atoms in total. The Hall–Kier alpha value is -0.770. The van der Waals surface area contributed by atoms with Crippen molar-refractivity contribution in [1.29, 1.82) is 0 Å². The molecule has 1 amide bonds. The summed E-state index contributed by atoms with van der Waals surface area (Å²) in [4.78, 5) is 10.1. The van der Waals surface area contributed by atoms with Crippen LogP contribution in [0.15, 0.2) is 0 Å². The van der Waals surface area contributed by atoms with Gasteiger partial charge in [0.2, 0.25) is 0 Å².